The zero-order chi connectivity index (χ0) is 18.1. The highest BCUT2D eigenvalue weighted by molar-refractivity contribution is 7.98. The van der Waals surface area contributed by atoms with Crippen LogP contribution < -0.4 is 14.8 Å². The van der Waals surface area contributed by atoms with Crippen LogP contribution in [-0.4, -0.2) is 81.8 Å². The smallest absolute Gasteiger partial charge is 0.193 e. The minimum absolute atomic E-state index is 0.868. The summed E-state index contributed by atoms with van der Waals surface area (Å²) in [7, 11) is 5.27. The minimum Gasteiger partial charge on any atom is -0.497 e. The topological polar surface area (TPSA) is 49.3 Å². The first kappa shape index (κ1) is 19.7. The van der Waals surface area contributed by atoms with Crippen LogP contribution in [0.15, 0.2) is 23.2 Å². The maximum Gasteiger partial charge on any atom is 0.193 e. The van der Waals surface area contributed by atoms with E-state index in [1.54, 1.807) is 14.2 Å². The maximum absolute atomic E-state index is 5.49. The van der Waals surface area contributed by atoms with Crippen LogP contribution in [0.3, 0.4) is 0 Å². The van der Waals surface area contributed by atoms with E-state index in [4.69, 9.17) is 9.47 Å². The summed E-state index contributed by atoms with van der Waals surface area (Å²) in [6.07, 6.45) is 2.12. The molecular weight excluding hydrogens is 336 g/mol. The van der Waals surface area contributed by atoms with Gasteiger partial charge < -0.3 is 19.7 Å². The van der Waals surface area contributed by atoms with Crippen LogP contribution in [0.1, 0.15) is 5.56 Å². The van der Waals surface area contributed by atoms with E-state index < -0.39 is 0 Å². The van der Waals surface area contributed by atoms with Gasteiger partial charge in [-0.1, -0.05) is 0 Å². The van der Waals surface area contributed by atoms with Gasteiger partial charge in [-0.05, 0) is 24.5 Å². The molecule has 0 aliphatic carbocycles. The van der Waals surface area contributed by atoms with Crippen molar-refractivity contribution in [3.63, 3.8) is 0 Å². The van der Waals surface area contributed by atoms with E-state index in [2.05, 4.69) is 32.4 Å². The van der Waals surface area contributed by atoms with E-state index in [0.29, 0.717) is 0 Å². The third kappa shape index (κ3) is 5.71. The highest BCUT2D eigenvalue weighted by Gasteiger charge is 2.20. The fourth-order valence-corrected chi connectivity index (χ4v) is 3.27. The zero-order valence-corrected chi connectivity index (χ0v) is 16.6. The van der Waals surface area contributed by atoms with Gasteiger partial charge in [0, 0.05) is 57.6 Å². The summed E-state index contributed by atoms with van der Waals surface area (Å²) >= 11 is 1.84. The molecule has 25 heavy (non-hydrogen) atoms. The number of hydrogen-bond acceptors (Lipinski definition) is 5. The second kappa shape index (κ2) is 10.4. The molecule has 1 saturated heterocycles. The summed E-state index contributed by atoms with van der Waals surface area (Å²) in [5.74, 6) is 3.88. The third-order valence-electron chi connectivity index (χ3n) is 4.35. The summed E-state index contributed by atoms with van der Waals surface area (Å²) in [5.41, 5.74) is 1.16. The molecule has 1 aliphatic rings. The van der Waals surface area contributed by atoms with Crippen molar-refractivity contribution in [1.29, 1.82) is 0 Å². The largest absolute Gasteiger partial charge is 0.497 e. The lowest BCUT2D eigenvalue weighted by Crippen LogP contribution is -2.52. The number of piperazine rings is 1. The average Bonchev–Trinajstić information content (AvgIpc) is 2.66. The van der Waals surface area contributed by atoms with E-state index in [9.17, 15) is 0 Å². The summed E-state index contributed by atoms with van der Waals surface area (Å²) in [5, 5.41) is 3.44. The van der Waals surface area contributed by atoms with Crippen molar-refractivity contribution in [3.8, 4) is 11.5 Å². The minimum atomic E-state index is 0.868. The van der Waals surface area contributed by atoms with E-state index >= 15 is 0 Å². The standard InChI is InChI=1S/C18H30N4O2S/c1-19-18(20-7-12-25-4)22-10-8-21(9-11-22)14-15-13-16(23-2)5-6-17(15)24-3/h5-6,13H,7-12,14H2,1-4H3,(H,19,20). The fourth-order valence-electron chi connectivity index (χ4n) is 2.96. The quantitative estimate of drug-likeness (QED) is 0.451. The molecule has 0 amide bonds. The highest BCUT2D eigenvalue weighted by atomic mass is 32.2. The van der Waals surface area contributed by atoms with Crippen LogP contribution in [-0.2, 0) is 6.54 Å². The molecule has 7 heteroatoms. The summed E-state index contributed by atoms with van der Waals surface area (Å²) in [6.45, 7) is 5.78. The van der Waals surface area contributed by atoms with E-state index in [1.807, 2.05) is 30.9 Å². The Labute approximate surface area is 155 Å². The van der Waals surface area contributed by atoms with Gasteiger partial charge in [0.05, 0.1) is 14.2 Å². The van der Waals surface area contributed by atoms with Gasteiger partial charge in [0.25, 0.3) is 0 Å². The molecule has 0 unspecified atom stereocenters. The van der Waals surface area contributed by atoms with Crippen molar-refractivity contribution >= 4 is 17.7 Å². The first-order valence-electron chi connectivity index (χ1n) is 8.59. The third-order valence-corrected chi connectivity index (χ3v) is 4.97. The highest BCUT2D eigenvalue weighted by Crippen LogP contribution is 2.25. The number of ether oxygens (including phenoxy) is 2. The first-order valence-corrected chi connectivity index (χ1v) is 9.99. The molecule has 0 bridgehead atoms. The normalized spacial score (nSPS) is 16.0. The average molecular weight is 367 g/mol. The number of hydrogen-bond donors (Lipinski definition) is 1. The lowest BCUT2D eigenvalue weighted by molar-refractivity contribution is 0.171. The number of thioether (sulfide) groups is 1. The number of aliphatic imine (C=N–C) groups is 1. The molecule has 0 saturated carbocycles. The van der Waals surface area contributed by atoms with E-state index in [0.717, 1.165) is 68.0 Å². The molecular formula is C18H30N4O2S. The predicted octanol–water partition coefficient (Wildman–Crippen LogP) is 1.76. The summed E-state index contributed by atoms with van der Waals surface area (Å²) < 4.78 is 10.8. The van der Waals surface area contributed by atoms with Crippen molar-refractivity contribution in [2.45, 2.75) is 6.54 Å². The molecule has 2 rings (SSSR count). The molecule has 1 N–H and O–H groups in total. The van der Waals surface area contributed by atoms with Gasteiger partial charge >= 0.3 is 0 Å². The van der Waals surface area contributed by atoms with Gasteiger partial charge in [-0.25, -0.2) is 0 Å². The summed E-state index contributed by atoms with van der Waals surface area (Å²) in [6, 6.07) is 5.97. The Hall–Kier alpha value is -1.60. The van der Waals surface area contributed by atoms with Crippen molar-refractivity contribution < 1.29 is 9.47 Å². The van der Waals surface area contributed by atoms with Gasteiger partial charge in [0.2, 0.25) is 0 Å². The van der Waals surface area contributed by atoms with Gasteiger partial charge in [0.15, 0.2) is 5.96 Å². The lowest BCUT2D eigenvalue weighted by Gasteiger charge is -2.36. The molecule has 0 atom stereocenters. The van der Waals surface area contributed by atoms with Crippen molar-refractivity contribution in [2.75, 3.05) is 66.0 Å². The van der Waals surface area contributed by atoms with Gasteiger partial charge in [-0.3, -0.25) is 9.89 Å². The van der Waals surface area contributed by atoms with Gasteiger partial charge in [0.1, 0.15) is 11.5 Å². The monoisotopic (exact) mass is 366 g/mol. The van der Waals surface area contributed by atoms with Crippen LogP contribution in [0.5, 0.6) is 11.5 Å². The number of guanidine groups is 1. The molecule has 1 fully saturated rings. The van der Waals surface area contributed by atoms with Crippen molar-refractivity contribution in [3.05, 3.63) is 23.8 Å². The van der Waals surface area contributed by atoms with Crippen molar-refractivity contribution in [1.82, 2.24) is 15.1 Å². The molecule has 1 aromatic rings. The maximum atomic E-state index is 5.49. The Morgan fingerprint density at radius 2 is 1.96 bits per heavy atom. The first-order chi connectivity index (χ1) is 12.2. The molecule has 6 nitrogen and oxygen atoms in total. The number of nitrogens with zero attached hydrogens (tertiary/aromatic N) is 3. The second-order valence-electron chi connectivity index (χ2n) is 5.91. The van der Waals surface area contributed by atoms with Crippen LogP contribution in [0.2, 0.25) is 0 Å². The number of benzene rings is 1. The molecule has 0 radical (unpaired) electrons. The number of rotatable bonds is 7. The second-order valence-corrected chi connectivity index (χ2v) is 6.89. The van der Waals surface area contributed by atoms with Crippen molar-refractivity contribution in [2.24, 2.45) is 4.99 Å². The van der Waals surface area contributed by atoms with Crippen LogP contribution >= 0.6 is 11.8 Å². The van der Waals surface area contributed by atoms with Crippen LogP contribution in [0.4, 0.5) is 0 Å². The molecule has 0 spiro atoms. The van der Waals surface area contributed by atoms with Crippen LogP contribution in [0.25, 0.3) is 0 Å². The van der Waals surface area contributed by atoms with Gasteiger partial charge in [-0.2, -0.15) is 11.8 Å². The Balaban J connectivity index is 1.90. The van der Waals surface area contributed by atoms with Crippen LogP contribution in [0, 0.1) is 0 Å². The molecule has 1 aromatic carbocycles. The zero-order valence-electron chi connectivity index (χ0n) is 15.7. The Kier molecular flexibility index (Phi) is 8.21. The lowest BCUT2D eigenvalue weighted by atomic mass is 10.1. The number of methoxy groups -OCH3 is 2. The molecule has 1 heterocycles. The summed E-state index contributed by atoms with van der Waals surface area (Å²) in [4.78, 5) is 9.19. The Morgan fingerprint density at radius 1 is 1.20 bits per heavy atom. The molecule has 1 aliphatic heterocycles. The molecule has 0 aromatic heterocycles. The number of nitrogens with one attached hydrogen (secondary N) is 1. The molecule has 140 valence electrons. The SMILES string of the molecule is CN=C(NCCSC)N1CCN(Cc2cc(OC)ccc2OC)CC1. The van der Waals surface area contributed by atoms with Gasteiger partial charge in [-0.15, -0.1) is 0 Å². The van der Waals surface area contributed by atoms with E-state index in [1.165, 1.54) is 0 Å². The Bertz CT molecular complexity index is 560. The Morgan fingerprint density at radius 3 is 2.56 bits per heavy atom. The predicted molar refractivity (Wildman–Crippen MR) is 106 cm³/mol. The van der Waals surface area contributed by atoms with E-state index in [-0.39, 0.29) is 0 Å². The fraction of sp³-hybridized carbons (Fsp3) is 0.611.